The van der Waals surface area contributed by atoms with Gasteiger partial charge >= 0.3 is 5.97 Å². The van der Waals surface area contributed by atoms with Gasteiger partial charge in [0, 0.05) is 12.1 Å². The second kappa shape index (κ2) is 11.5. The van der Waals surface area contributed by atoms with Crippen LogP contribution in [0.1, 0.15) is 25.0 Å². The van der Waals surface area contributed by atoms with Crippen LogP contribution in [0, 0.1) is 17.3 Å². The maximum absolute atomic E-state index is 12.8. The molecule has 0 radical (unpaired) electrons. The van der Waals surface area contributed by atoms with Crippen LogP contribution in [0.25, 0.3) is 6.08 Å². The van der Waals surface area contributed by atoms with E-state index in [9.17, 15) is 24.5 Å². The summed E-state index contributed by atoms with van der Waals surface area (Å²) in [4.78, 5) is 48.6. The Kier molecular flexibility index (Phi) is 8.92. The highest BCUT2D eigenvalue weighted by Crippen LogP contribution is 2.36. The summed E-state index contributed by atoms with van der Waals surface area (Å²) in [5.74, 6) is -0.538. The molecule has 1 fully saturated rings. The number of carbonyl (C=O) groups excluding carboxylic acids is 3. The van der Waals surface area contributed by atoms with E-state index in [1.54, 1.807) is 25.1 Å². The van der Waals surface area contributed by atoms with Gasteiger partial charge < -0.3 is 9.47 Å². The summed E-state index contributed by atoms with van der Waals surface area (Å²) in [7, 11) is 0. The zero-order valence-corrected chi connectivity index (χ0v) is 23.1. The van der Waals surface area contributed by atoms with Gasteiger partial charge in [-0.2, -0.15) is 0 Å². The smallest absolute Gasteiger partial charge is 0.329 e. The van der Waals surface area contributed by atoms with Crippen molar-refractivity contribution in [1.82, 2.24) is 4.90 Å². The number of amides is 2. The molecule has 0 saturated carbocycles. The molecule has 0 bridgehead atoms. The van der Waals surface area contributed by atoms with Gasteiger partial charge in [-0.3, -0.25) is 24.6 Å². The molecule has 2 amide bonds. The van der Waals surface area contributed by atoms with Crippen LogP contribution in [-0.4, -0.2) is 39.6 Å². The Hall–Kier alpha value is -2.20. The lowest BCUT2D eigenvalue weighted by Gasteiger charge is -2.19. The van der Waals surface area contributed by atoms with Crippen molar-refractivity contribution in [3.05, 3.63) is 69.7 Å². The van der Waals surface area contributed by atoms with E-state index in [2.05, 4.69) is 45.2 Å². The lowest BCUT2D eigenvalue weighted by Crippen LogP contribution is -2.42. The van der Waals surface area contributed by atoms with Crippen LogP contribution >= 0.6 is 56.9 Å². The van der Waals surface area contributed by atoms with E-state index in [0.717, 1.165) is 29.4 Å². The fourth-order valence-electron chi connectivity index (χ4n) is 3.00. The van der Waals surface area contributed by atoms with Gasteiger partial charge in [-0.15, -0.1) is 0 Å². The SMILES string of the molecule is CCOC(=O)[C@H](C)N1C(=O)S/C(=C/c2cc(I)c(OCc3ccc([N+](=O)[O-])cc3)c(I)c2)C1=O. The van der Waals surface area contributed by atoms with Gasteiger partial charge in [0.2, 0.25) is 0 Å². The molecule has 178 valence electrons. The molecule has 0 unspecified atom stereocenters. The van der Waals surface area contributed by atoms with Crippen LogP contribution in [0.15, 0.2) is 41.3 Å². The van der Waals surface area contributed by atoms with Gasteiger partial charge in [0.05, 0.1) is 23.6 Å². The van der Waals surface area contributed by atoms with Crippen molar-refractivity contribution in [3.63, 3.8) is 0 Å². The van der Waals surface area contributed by atoms with E-state index in [1.165, 1.54) is 19.1 Å². The number of benzene rings is 2. The quantitative estimate of drug-likeness (QED) is 0.118. The van der Waals surface area contributed by atoms with Crippen molar-refractivity contribution >= 4 is 85.8 Å². The number of thioether (sulfide) groups is 1. The minimum atomic E-state index is -1.01. The van der Waals surface area contributed by atoms with Crippen LogP contribution < -0.4 is 4.74 Å². The number of rotatable bonds is 8. The van der Waals surface area contributed by atoms with Crippen molar-refractivity contribution < 1.29 is 28.8 Å². The molecule has 1 heterocycles. The number of nitro benzene ring substituents is 1. The molecule has 1 saturated heterocycles. The van der Waals surface area contributed by atoms with Gasteiger partial charge in [0.15, 0.2) is 0 Å². The first-order chi connectivity index (χ1) is 16.1. The Morgan fingerprint density at radius 2 is 1.82 bits per heavy atom. The van der Waals surface area contributed by atoms with E-state index < -0.39 is 28.1 Å². The number of nitrogens with zero attached hydrogens (tertiary/aromatic N) is 2. The molecule has 1 atom stereocenters. The molecule has 34 heavy (non-hydrogen) atoms. The van der Waals surface area contributed by atoms with Gasteiger partial charge in [-0.05, 0) is 112 Å². The predicted octanol–water partition coefficient (Wildman–Crippen LogP) is 5.37. The third-order valence-corrected chi connectivity index (χ3v) is 7.17. The summed E-state index contributed by atoms with van der Waals surface area (Å²) >= 11 is 5.01. The average molecular weight is 708 g/mol. The Morgan fingerprint density at radius 3 is 2.38 bits per heavy atom. The largest absolute Gasteiger partial charge is 0.487 e. The van der Waals surface area contributed by atoms with Crippen molar-refractivity contribution in [1.29, 1.82) is 0 Å². The van der Waals surface area contributed by atoms with Gasteiger partial charge in [0.1, 0.15) is 18.4 Å². The molecular formula is C22H18I2N2O7S. The van der Waals surface area contributed by atoms with Crippen molar-refractivity contribution in [3.8, 4) is 5.75 Å². The van der Waals surface area contributed by atoms with E-state index in [-0.39, 0.29) is 23.8 Å². The number of nitro groups is 1. The van der Waals surface area contributed by atoms with E-state index in [4.69, 9.17) is 9.47 Å². The molecule has 2 aromatic carbocycles. The first-order valence-electron chi connectivity index (χ1n) is 9.91. The highest BCUT2D eigenvalue weighted by Gasteiger charge is 2.41. The maximum Gasteiger partial charge on any atom is 0.329 e. The lowest BCUT2D eigenvalue weighted by atomic mass is 10.2. The second-order valence-corrected chi connectivity index (χ2v) is 10.3. The van der Waals surface area contributed by atoms with Crippen LogP contribution in [0.2, 0.25) is 0 Å². The van der Waals surface area contributed by atoms with Gasteiger partial charge in [-0.25, -0.2) is 4.79 Å². The highest BCUT2D eigenvalue weighted by atomic mass is 127. The van der Waals surface area contributed by atoms with Crippen LogP contribution in [-0.2, 0) is 20.9 Å². The lowest BCUT2D eigenvalue weighted by molar-refractivity contribution is -0.384. The number of non-ortho nitro benzene ring substituents is 1. The molecular weight excluding hydrogens is 690 g/mol. The number of hydrogen-bond donors (Lipinski definition) is 0. The summed E-state index contributed by atoms with van der Waals surface area (Å²) in [6, 6.07) is 8.75. The van der Waals surface area contributed by atoms with Crippen LogP contribution in [0.4, 0.5) is 10.5 Å². The second-order valence-electron chi connectivity index (χ2n) is 7.01. The molecule has 1 aliphatic heterocycles. The Bertz CT molecular complexity index is 1160. The molecule has 0 N–H and O–H groups in total. The molecule has 0 aromatic heterocycles. The zero-order valence-electron chi connectivity index (χ0n) is 17.9. The van der Waals surface area contributed by atoms with Crippen molar-refractivity contribution in [2.24, 2.45) is 0 Å². The van der Waals surface area contributed by atoms with Crippen molar-refractivity contribution in [2.75, 3.05) is 6.61 Å². The molecule has 12 heteroatoms. The minimum absolute atomic E-state index is 0.0123. The van der Waals surface area contributed by atoms with Gasteiger partial charge in [0.25, 0.3) is 16.8 Å². The standard InChI is InChI=1S/C22H18I2N2O7S/c1-3-32-21(28)12(2)25-20(27)18(34-22(25)29)10-14-8-16(23)19(17(24)9-14)33-11-13-4-6-15(7-5-13)26(30)31/h4-10,12H,3,11H2,1-2H3/b18-10+/t12-/m0/s1. The third kappa shape index (κ3) is 6.07. The van der Waals surface area contributed by atoms with Crippen molar-refractivity contribution in [2.45, 2.75) is 26.5 Å². The van der Waals surface area contributed by atoms with E-state index in [0.29, 0.717) is 11.3 Å². The van der Waals surface area contributed by atoms with E-state index in [1.807, 2.05) is 12.1 Å². The average Bonchev–Trinajstić information content (AvgIpc) is 3.05. The Labute approximate surface area is 226 Å². The number of hydrogen-bond acceptors (Lipinski definition) is 8. The summed E-state index contributed by atoms with van der Waals surface area (Å²) in [5, 5.41) is 10.3. The van der Waals surface area contributed by atoms with Crippen LogP contribution in [0.5, 0.6) is 5.75 Å². The molecule has 9 nitrogen and oxygen atoms in total. The minimum Gasteiger partial charge on any atom is -0.487 e. The fourth-order valence-corrected chi connectivity index (χ4v) is 6.04. The monoisotopic (exact) mass is 708 g/mol. The number of halogens is 2. The third-order valence-electron chi connectivity index (χ3n) is 4.69. The Balaban J connectivity index is 1.75. The summed E-state index contributed by atoms with van der Waals surface area (Å²) in [6.45, 7) is 3.50. The van der Waals surface area contributed by atoms with Crippen LogP contribution in [0.3, 0.4) is 0 Å². The molecule has 1 aliphatic rings. The number of esters is 1. The molecule has 3 rings (SSSR count). The summed E-state index contributed by atoms with van der Waals surface area (Å²) in [5.41, 5.74) is 1.50. The summed E-state index contributed by atoms with van der Waals surface area (Å²) < 4.78 is 12.4. The molecule has 2 aromatic rings. The molecule has 0 aliphatic carbocycles. The first kappa shape index (κ1) is 26.4. The number of carbonyl (C=O) groups is 3. The van der Waals surface area contributed by atoms with Gasteiger partial charge in [-0.1, -0.05) is 0 Å². The number of imide groups is 1. The molecule has 0 spiro atoms. The highest BCUT2D eigenvalue weighted by molar-refractivity contribution is 14.1. The summed E-state index contributed by atoms with van der Waals surface area (Å²) in [6.07, 6.45) is 1.60. The zero-order chi connectivity index (χ0) is 25.0. The fraction of sp³-hybridized carbons (Fsp3) is 0.227. The first-order valence-corrected chi connectivity index (χ1v) is 12.9. The Morgan fingerprint density at radius 1 is 1.21 bits per heavy atom. The topological polar surface area (TPSA) is 116 Å². The maximum atomic E-state index is 12.8. The van der Waals surface area contributed by atoms with E-state index >= 15 is 0 Å². The number of ether oxygens (including phenoxy) is 2. The normalized spacial score (nSPS) is 15.5. The predicted molar refractivity (Wildman–Crippen MR) is 143 cm³/mol.